The van der Waals surface area contributed by atoms with Crippen LogP contribution >= 0.6 is 0 Å². The van der Waals surface area contributed by atoms with Crippen LogP contribution in [-0.4, -0.2) is 32.1 Å². The van der Waals surface area contributed by atoms with E-state index in [0.717, 1.165) is 33.3 Å². The molecule has 0 bridgehead atoms. The number of hydrogen-bond donors (Lipinski definition) is 2. The van der Waals surface area contributed by atoms with Crippen LogP contribution in [0.25, 0.3) is 27.7 Å². The van der Waals surface area contributed by atoms with Gasteiger partial charge in [-0.2, -0.15) is 5.10 Å². The molecule has 2 aromatic carbocycles. The lowest BCUT2D eigenvalue weighted by molar-refractivity contribution is 0.0918. The molecule has 1 unspecified atom stereocenters. The van der Waals surface area contributed by atoms with E-state index in [2.05, 4.69) is 20.4 Å². The maximum atomic E-state index is 13.5. The van der Waals surface area contributed by atoms with Crippen LogP contribution in [0.1, 0.15) is 59.4 Å². The SMILES string of the molecule is Cc1cccc2ncc(-c3cn4nc(C(=O)NC5CCOc6ccccc65)c(C(C)C)c4c(=O)[nH]3)cc12. The Morgan fingerprint density at radius 1 is 1.19 bits per heavy atom. The number of amides is 1. The molecule has 0 aliphatic carbocycles. The van der Waals surface area contributed by atoms with E-state index in [1.807, 2.05) is 69.3 Å². The van der Waals surface area contributed by atoms with E-state index in [-0.39, 0.29) is 29.1 Å². The molecule has 4 heterocycles. The number of nitrogens with zero attached hydrogens (tertiary/aromatic N) is 3. The van der Waals surface area contributed by atoms with Gasteiger partial charge in [0, 0.05) is 34.7 Å². The van der Waals surface area contributed by atoms with Crippen molar-refractivity contribution in [1.29, 1.82) is 0 Å². The van der Waals surface area contributed by atoms with E-state index in [1.54, 1.807) is 12.4 Å². The molecule has 2 N–H and O–H groups in total. The first-order valence-corrected chi connectivity index (χ1v) is 12.4. The lowest BCUT2D eigenvalue weighted by Gasteiger charge is -2.26. The molecule has 0 spiro atoms. The number of carbonyl (C=O) groups is 1. The van der Waals surface area contributed by atoms with Gasteiger partial charge in [0.25, 0.3) is 11.5 Å². The van der Waals surface area contributed by atoms with Gasteiger partial charge in [0.05, 0.1) is 30.1 Å². The molecular formula is C29H27N5O3. The molecule has 8 heteroatoms. The summed E-state index contributed by atoms with van der Waals surface area (Å²) in [5.41, 5.74) is 5.25. The number of pyridine rings is 1. The van der Waals surface area contributed by atoms with Crippen molar-refractivity contribution in [1.82, 2.24) is 24.9 Å². The van der Waals surface area contributed by atoms with Gasteiger partial charge in [-0.15, -0.1) is 0 Å². The second-order valence-corrected chi connectivity index (χ2v) is 9.77. The molecule has 1 aliphatic rings. The summed E-state index contributed by atoms with van der Waals surface area (Å²) in [5, 5.41) is 8.75. The number of hydrogen-bond acceptors (Lipinski definition) is 5. The first-order valence-electron chi connectivity index (χ1n) is 12.4. The highest BCUT2D eigenvalue weighted by Gasteiger charge is 2.28. The third kappa shape index (κ3) is 3.94. The Bertz CT molecular complexity index is 1730. The summed E-state index contributed by atoms with van der Waals surface area (Å²) >= 11 is 0. The number of aryl methyl sites for hydroxylation is 1. The fourth-order valence-electron chi connectivity index (χ4n) is 5.13. The van der Waals surface area contributed by atoms with Crippen LogP contribution in [0.3, 0.4) is 0 Å². The summed E-state index contributed by atoms with van der Waals surface area (Å²) < 4.78 is 7.26. The van der Waals surface area contributed by atoms with Gasteiger partial charge in [0.1, 0.15) is 11.3 Å². The van der Waals surface area contributed by atoms with Crippen LogP contribution in [0.2, 0.25) is 0 Å². The first kappa shape index (κ1) is 23.0. The van der Waals surface area contributed by atoms with Crippen LogP contribution in [0.4, 0.5) is 0 Å². The standard InChI is InChI=1S/C29H27N5O3/c1-16(2)25-26(28(35)31-22-11-12-37-24-10-5-4-8-19(22)24)33-34-15-23(32-29(36)27(25)34)18-13-20-17(3)7-6-9-21(20)30-14-18/h4-10,13-16,22H,11-12H2,1-3H3,(H,31,35)(H,32,36). The molecule has 0 radical (unpaired) electrons. The third-order valence-corrected chi connectivity index (χ3v) is 6.97. The first-order chi connectivity index (χ1) is 17.9. The molecule has 1 atom stereocenters. The van der Waals surface area contributed by atoms with Crippen LogP contribution in [-0.2, 0) is 0 Å². The van der Waals surface area contributed by atoms with Gasteiger partial charge in [0.15, 0.2) is 5.69 Å². The number of aromatic nitrogens is 4. The summed E-state index contributed by atoms with van der Waals surface area (Å²) in [7, 11) is 0. The Balaban J connectivity index is 1.42. The molecule has 3 aromatic heterocycles. The van der Waals surface area contributed by atoms with Crippen molar-refractivity contribution < 1.29 is 9.53 Å². The average Bonchev–Trinajstić information content (AvgIpc) is 3.30. The van der Waals surface area contributed by atoms with Gasteiger partial charge in [-0.3, -0.25) is 14.6 Å². The predicted molar refractivity (Wildman–Crippen MR) is 142 cm³/mol. The minimum absolute atomic E-state index is 0.0860. The third-order valence-electron chi connectivity index (χ3n) is 6.97. The van der Waals surface area contributed by atoms with E-state index in [9.17, 15) is 9.59 Å². The van der Waals surface area contributed by atoms with Crippen molar-refractivity contribution in [2.75, 3.05) is 6.61 Å². The topological polar surface area (TPSA) is 101 Å². The highest BCUT2D eigenvalue weighted by molar-refractivity contribution is 5.96. The molecule has 6 rings (SSSR count). The second-order valence-electron chi connectivity index (χ2n) is 9.77. The number of aromatic amines is 1. The highest BCUT2D eigenvalue weighted by atomic mass is 16.5. The normalized spacial score (nSPS) is 15.1. The zero-order chi connectivity index (χ0) is 25.7. The van der Waals surface area contributed by atoms with Crippen LogP contribution in [0.15, 0.2) is 65.7 Å². The summed E-state index contributed by atoms with van der Waals surface area (Å²) in [4.78, 5) is 34.4. The van der Waals surface area contributed by atoms with E-state index < -0.39 is 0 Å². The molecule has 0 fully saturated rings. The molecular weight excluding hydrogens is 466 g/mol. The van der Waals surface area contributed by atoms with Crippen LogP contribution < -0.4 is 15.6 Å². The van der Waals surface area contributed by atoms with Crippen molar-refractivity contribution in [2.45, 2.75) is 39.2 Å². The van der Waals surface area contributed by atoms with E-state index >= 15 is 0 Å². The number of para-hydroxylation sites is 1. The quantitative estimate of drug-likeness (QED) is 0.370. The fraction of sp³-hybridized carbons (Fsp3) is 0.241. The Morgan fingerprint density at radius 2 is 2.03 bits per heavy atom. The highest BCUT2D eigenvalue weighted by Crippen LogP contribution is 2.32. The van der Waals surface area contributed by atoms with Crippen LogP contribution in [0.5, 0.6) is 5.75 Å². The zero-order valence-electron chi connectivity index (χ0n) is 20.9. The van der Waals surface area contributed by atoms with Crippen molar-refractivity contribution in [2.24, 2.45) is 0 Å². The molecule has 0 saturated carbocycles. The molecule has 186 valence electrons. The molecule has 8 nitrogen and oxygen atoms in total. The van der Waals surface area contributed by atoms with Gasteiger partial charge in [-0.1, -0.05) is 44.2 Å². The molecule has 37 heavy (non-hydrogen) atoms. The van der Waals surface area contributed by atoms with Gasteiger partial charge in [-0.25, -0.2) is 4.52 Å². The summed E-state index contributed by atoms with van der Waals surface area (Å²) in [5.74, 6) is 0.383. The number of carbonyl (C=O) groups excluding carboxylic acids is 1. The molecule has 0 saturated heterocycles. The number of nitrogens with one attached hydrogen (secondary N) is 2. The molecule has 1 aliphatic heterocycles. The summed E-state index contributed by atoms with van der Waals surface area (Å²) in [6, 6.07) is 15.5. The molecule has 1 amide bonds. The van der Waals surface area contributed by atoms with Crippen LogP contribution in [0, 0.1) is 6.92 Å². The maximum absolute atomic E-state index is 13.5. The number of ether oxygens (including phenoxy) is 1. The zero-order valence-corrected chi connectivity index (χ0v) is 20.9. The minimum Gasteiger partial charge on any atom is -0.493 e. The second kappa shape index (κ2) is 8.89. The van der Waals surface area contributed by atoms with E-state index in [4.69, 9.17) is 4.74 Å². The van der Waals surface area contributed by atoms with Crippen molar-refractivity contribution in [3.8, 4) is 17.0 Å². The minimum atomic E-state index is -0.307. The Kier molecular flexibility index (Phi) is 5.52. The van der Waals surface area contributed by atoms with Gasteiger partial charge in [-0.05, 0) is 36.6 Å². The largest absolute Gasteiger partial charge is 0.493 e. The Morgan fingerprint density at radius 3 is 2.86 bits per heavy atom. The predicted octanol–water partition coefficient (Wildman–Crippen LogP) is 4.92. The summed E-state index contributed by atoms with van der Waals surface area (Å²) in [6.45, 7) is 6.47. The summed E-state index contributed by atoms with van der Waals surface area (Å²) in [6.07, 6.45) is 4.15. The number of rotatable bonds is 4. The lowest BCUT2D eigenvalue weighted by atomic mass is 9.98. The number of benzene rings is 2. The average molecular weight is 494 g/mol. The monoisotopic (exact) mass is 493 g/mol. The van der Waals surface area contributed by atoms with Crippen molar-refractivity contribution >= 4 is 22.3 Å². The van der Waals surface area contributed by atoms with Gasteiger partial charge >= 0.3 is 0 Å². The lowest BCUT2D eigenvalue weighted by Crippen LogP contribution is -2.33. The van der Waals surface area contributed by atoms with Crippen molar-refractivity contribution in [3.63, 3.8) is 0 Å². The van der Waals surface area contributed by atoms with Gasteiger partial charge in [0.2, 0.25) is 0 Å². The smallest absolute Gasteiger partial charge is 0.274 e. The van der Waals surface area contributed by atoms with Crippen molar-refractivity contribution in [3.05, 3.63) is 93.7 Å². The number of fused-ring (bicyclic) bond motifs is 3. The Hall–Kier alpha value is -4.46. The fourth-order valence-corrected chi connectivity index (χ4v) is 5.13. The van der Waals surface area contributed by atoms with E-state index in [1.165, 1.54) is 4.52 Å². The molecule has 5 aromatic rings. The Labute approximate surface area is 213 Å². The van der Waals surface area contributed by atoms with E-state index in [0.29, 0.717) is 29.8 Å². The number of H-pyrrole nitrogens is 1. The van der Waals surface area contributed by atoms with Gasteiger partial charge < -0.3 is 15.0 Å². The maximum Gasteiger partial charge on any atom is 0.274 e.